The molecule has 2 fully saturated rings. The number of hydrogen-bond acceptors (Lipinski definition) is 29. The lowest BCUT2D eigenvalue weighted by Gasteiger charge is -2.38. The lowest BCUT2D eigenvalue weighted by atomic mass is 9.99. The van der Waals surface area contributed by atoms with Crippen LogP contribution in [0.1, 0.15) is 63.9 Å². The number of carbonyl (C=O) groups is 6. The average molecular weight is 1500 g/mol. The fraction of sp³-hybridized carbons (Fsp3) is 0.353. The Kier molecular flexibility index (Phi) is 20.9. The number of methoxy groups -OCH3 is 2. The largest absolute Gasteiger partial charge is 0.493 e. The highest BCUT2D eigenvalue weighted by Crippen LogP contribution is 2.46. The monoisotopic (exact) mass is 1500 g/mol. The smallest absolute Gasteiger partial charge is 0.416 e. The summed E-state index contributed by atoms with van der Waals surface area (Å²) in [5.41, 5.74) is 2.40. The maximum Gasteiger partial charge on any atom is 0.416 e. The summed E-state index contributed by atoms with van der Waals surface area (Å²) in [7, 11) is -0.905. The molecule has 0 bridgehead atoms. The number of ether oxygens (including phenoxy) is 10. The van der Waals surface area contributed by atoms with Gasteiger partial charge in [-0.3, -0.25) is 9.59 Å². The number of amides is 4. The predicted octanol–water partition coefficient (Wildman–Crippen LogP) is 2.52. The van der Waals surface area contributed by atoms with Crippen molar-refractivity contribution >= 4 is 81.0 Å². The number of carbonyl (C=O) groups excluding carboxylic acids is 4. The molecule has 8 heterocycles. The molecule has 6 aliphatic rings. The van der Waals surface area contributed by atoms with Gasteiger partial charge in [0.05, 0.1) is 48.8 Å². The molecule has 0 aliphatic carbocycles. The highest BCUT2D eigenvalue weighted by Gasteiger charge is 2.51. The maximum atomic E-state index is 14.8. The molecule has 550 valence electrons. The van der Waals surface area contributed by atoms with Crippen LogP contribution in [-0.2, 0) is 91.9 Å². The minimum absolute atomic E-state index is 0.00946. The number of hydrogen-bond donors (Lipinski definition) is 11. The Morgan fingerprint density at radius 1 is 0.490 bits per heavy atom. The molecule has 0 spiro atoms. The molecule has 10 N–H and O–H groups in total. The van der Waals surface area contributed by atoms with Gasteiger partial charge in [-0.1, -0.05) is 24.3 Å². The van der Waals surface area contributed by atoms with Crippen LogP contribution in [0, 0.1) is 0 Å². The minimum Gasteiger partial charge on any atom is -0.493 e. The van der Waals surface area contributed by atoms with Gasteiger partial charge in [0.15, 0.2) is 47.7 Å². The molecule has 2 aromatic heterocycles. The van der Waals surface area contributed by atoms with E-state index in [4.69, 9.17) is 51.6 Å². The van der Waals surface area contributed by atoms with Crippen molar-refractivity contribution in [3.8, 4) is 40.2 Å². The molecule has 33 nitrogen and oxygen atoms in total. The second-order valence-corrected chi connectivity index (χ2v) is 27.4. The topological polar surface area (TPSA) is 453 Å². The maximum absolute atomic E-state index is 14.8. The lowest BCUT2D eigenvalue weighted by Crippen LogP contribution is -2.61. The first kappa shape index (κ1) is 72.4. The van der Waals surface area contributed by atoms with E-state index in [1.165, 1.54) is 132 Å². The molecular formula is C68H66N4O29S3. The summed E-state index contributed by atoms with van der Waals surface area (Å²) in [5, 5.41) is 109. The van der Waals surface area contributed by atoms with E-state index in [0.717, 1.165) is 30.7 Å². The van der Waals surface area contributed by atoms with Gasteiger partial charge < -0.3 is 112 Å². The first-order valence-corrected chi connectivity index (χ1v) is 34.7. The first-order chi connectivity index (χ1) is 49.9. The molecule has 6 aliphatic heterocycles. The van der Waals surface area contributed by atoms with Crippen LogP contribution in [0.4, 0.5) is 21.0 Å². The summed E-state index contributed by atoms with van der Waals surface area (Å²) in [6, 6.07) is 22.6. The zero-order chi connectivity index (χ0) is 73.7. The number of aliphatic carboxylic acids is 2. The van der Waals surface area contributed by atoms with Crippen molar-refractivity contribution in [3.05, 3.63) is 168 Å². The van der Waals surface area contributed by atoms with Crippen molar-refractivity contribution in [1.82, 2.24) is 9.80 Å². The molecule has 0 saturated carbocycles. The second-order valence-electron chi connectivity index (χ2n) is 24.7. The fourth-order valence-corrected chi connectivity index (χ4v) is 15.1. The van der Waals surface area contributed by atoms with Gasteiger partial charge in [-0.15, -0.1) is 22.7 Å². The van der Waals surface area contributed by atoms with E-state index >= 15 is 0 Å². The number of fused-ring (bicyclic) bond motifs is 6. The van der Waals surface area contributed by atoms with Crippen molar-refractivity contribution < 1.29 is 140 Å². The Hall–Kier alpha value is -9.93. The minimum atomic E-state index is -3.51. The molecule has 4 amide bonds. The Morgan fingerprint density at radius 2 is 0.894 bits per heavy atom. The van der Waals surface area contributed by atoms with Crippen LogP contribution < -0.4 is 42.4 Å². The highest BCUT2D eigenvalue weighted by molar-refractivity contribution is 7.67. The number of carboxylic acid groups (broad SMARTS) is 2. The summed E-state index contributed by atoms with van der Waals surface area (Å²) in [6.07, 6.45) is -24.1. The average Bonchev–Trinajstić information content (AvgIpc) is 1.58. The molecule has 104 heavy (non-hydrogen) atoms. The number of thiol groups is 1. The van der Waals surface area contributed by atoms with Gasteiger partial charge in [0.1, 0.15) is 80.3 Å². The SMILES string of the molecule is COc1cc2c(cc1OCc1cc(COc3cc4c(cc3OC)C(=O)N3Cc5ccsc5C[C@H]3C(O)N4C(=O)OCc3ccc(O[C@@H]4O[C@H](C(=O)O)[C@@H](O)[C@H](O)[C@H]4O)cc3)cc(O[SH](=O)=O)c1)N(C(=O)OCc1ccc(O[C@@H]3O[C@H](C(=O)O)[C@@H](O)[C@H](O)[C@H]3O)cc1)C(O)[C@@H]1Cc3sccc3CN1C2=O. The van der Waals surface area contributed by atoms with E-state index in [1.807, 2.05) is 22.9 Å². The number of thiophene rings is 2. The molecule has 2 saturated heterocycles. The zero-order valence-corrected chi connectivity index (χ0v) is 57.0. The second kappa shape index (κ2) is 30.0. The van der Waals surface area contributed by atoms with Crippen molar-refractivity contribution in [2.24, 2.45) is 0 Å². The summed E-state index contributed by atoms with van der Waals surface area (Å²) < 4.78 is 87.1. The number of anilines is 2. The van der Waals surface area contributed by atoms with E-state index in [0.29, 0.717) is 11.1 Å². The van der Waals surface area contributed by atoms with E-state index in [2.05, 4.69) is 0 Å². The molecule has 14 atom stereocenters. The molecule has 13 rings (SSSR count). The van der Waals surface area contributed by atoms with Crippen LogP contribution >= 0.6 is 22.7 Å². The van der Waals surface area contributed by atoms with Crippen LogP contribution in [0.5, 0.6) is 40.2 Å². The summed E-state index contributed by atoms with van der Waals surface area (Å²) in [4.78, 5) is 88.6. The van der Waals surface area contributed by atoms with Crippen LogP contribution in [0.2, 0.25) is 0 Å². The molecule has 7 aromatic rings. The van der Waals surface area contributed by atoms with Gasteiger partial charge >= 0.3 is 24.1 Å². The van der Waals surface area contributed by atoms with Crippen molar-refractivity contribution in [1.29, 1.82) is 0 Å². The van der Waals surface area contributed by atoms with Crippen LogP contribution in [-0.4, -0.2) is 205 Å². The number of rotatable bonds is 20. The van der Waals surface area contributed by atoms with Crippen molar-refractivity contribution in [2.75, 3.05) is 24.0 Å². The highest BCUT2D eigenvalue weighted by atomic mass is 32.2. The Bertz CT molecular complexity index is 4240. The van der Waals surface area contributed by atoms with Gasteiger partial charge in [-0.2, -0.15) is 8.42 Å². The number of carboxylic acids is 2. The first-order valence-electron chi connectivity index (χ1n) is 31.9. The van der Waals surface area contributed by atoms with Crippen LogP contribution in [0.25, 0.3) is 0 Å². The summed E-state index contributed by atoms with van der Waals surface area (Å²) in [6.45, 7) is -1.50. The number of benzene rings is 5. The van der Waals surface area contributed by atoms with E-state index < -0.39 is 159 Å². The van der Waals surface area contributed by atoms with Gasteiger partial charge in [0, 0.05) is 47.8 Å². The quantitative estimate of drug-likeness (QED) is 0.0488. The van der Waals surface area contributed by atoms with Crippen LogP contribution in [0.15, 0.2) is 114 Å². The fourth-order valence-electron chi connectivity index (χ4n) is 13.0. The number of aliphatic hydroxyl groups excluding tert-OH is 8. The molecule has 2 unspecified atom stereocenters. The van der Waals surface area contributed by atoms with Gasteiger partial charge in [-0.25, -0.2) is 29.0 Å². The predicted molar refractivity (Wildman–Crippen MR) is 356 cm³/mol. The van der Waals surface area contributed by atoms with Crippen molar-refractivity contribution in [3.63, 3.8) is 0 Å². The normalized spacial score (nSPS) is 25.5. The zero-order valence-electron chi connectivity index (χ0n) is 54.5. The third-order valence-electron chi connectivity index (χ3n) is 18.3. The number of nitrogens with zero attached hydrogens (tertiary/aromatic N) is 4. The molecular weight excluding hydrogens is 1430 g/mol. The molecule has 5 aromatic carbocycles. The van der Waals surface area contributed by atoms with E-state index in [-0.39, 0.29) is 99.8 Å². The Balaban J connectivity index is 0.750. The number of aliphatic hydroxyl groups is 8. The van der Waals surface area contributed by atoms with E-state index in [1.54, 1.807) is 6.07 Å². The van der Waals surface area contributed by atoms with Gasteiger partial charge in [-0.05, 0) is 111 Å². The summed E-state index contributed by atoms with van der Waals surface area (Å²) >= 11 is 2.83. The third-order valence-corrected chi connectivity index (χ3v) is 20.7. The third kappa shape index (κ3) is 14.4. The Labute approximate surface area is 598 Å². The Morgan fingerprint density at radius 3 is 1.27 bits per heavy atom. The lowest BCUT2D eigenvalue weighted by molar-refractivity contribution is -0.271. The molecule has 36 heteroatoms. The van der Waals surface area contributed by atoms with E-state index in [9.17, 15) is 88.3 Å². The van der Waals surface area contributed by atoms with Crippen LogP contribution in [0.3, 0.4) is 0 Å². The standard InChI is InChI=1S/C68H66N4O29S3/c1-91-45-18-39-41(71(61(81)43-22-49-34(11-13-102-49)24-69(43)59(39)79)67(87)95-26-30-3-7-36(8-4-30)97-65-55(77)51(73)53(75)57(99-65)63(83)84)20-47(45)93-28-32-15-33(17-38(16-32)101-104(89)90)29-94-48-21-42-40(19-46(48)92-2)60(80)70-25-35-12-14-103-50(35)23-44(70)62(82)72(42)68(88)96-27-31-5-9-37(10-6-31)98-66-56(78)52(74)54(76)58(100-66)64(85)86/h3-21,43-44,51-58,61-62,65-66,73-78,81-82,104H,22-29H2,1-2H3,(H,83,84)(H,85,86)/t43-,44-,51-,52-,53-,54-,55+,56+,57-,58-,61?,62?,65+,66+/m0/s1. The van der Waals surface area contributed by atoms with Gasteiger partial charge in [0.2, 0.25) is 12.6 Å². The summed E-state index contributed by atoms with van der Waals surface area (Å²) in [5.74, 6) is -4.71. The van der Waals surface area contributed by atoms with Gasteiger partial charge in [0.25, 0.3) is 22.8 Å². The van der Waals surface area contributed by atoms with Crippen molar-refractivity contribution in [2.45, 2.75) is 138 Å². The molecule has 0 radical (unpaired) electrons.